The largest absolute Gasteiger partial charge is 0.493 e. The summed E-state index contributed by atoms with van der Waals surface area (Å²) in [6, 6.07) is 11.6. The van der Waals surface area contributed by atoms with Crippen LogP contribution in [0, 0.1) is 11.3 Å². The number of esters is 1. The van der Waals surface area contributed by atoms with Gasteiger partial charge in [-0.3, -0.25) is 4.79 Å². The summed E-state index contributed by atoms with van der Waals surface area (Å²) in [5.41, 5.74) is 6.14. The van der Waals surface area contributed by atoms with Crippen molar-refractivity contribution in [3.8, 4) is 29.1 Å². The first-order valence-corrected chi connectivity index (χ1v) is 9.22. The van der Waals surface area contributed by atoms with Crippen LogP contribution in [0.25, 0.3) is 12.2 Å². The highest BCUT2D eigenvalue weighted by Gasteiger charge is 2.11. The minimum absolute atomic E-state index is 0.177. The normalized spacial score (nSPS) is 11.0. The van der Waals surface area contributed by atoms with E-state index in [0.29, 0.717) is 23.7 Å². The summed E-state index contributed by atoms with van der Waals surface area (Å²) in [6.45, 7) is 2.38. The van der Waals surface area contributed by atoms with Gasteiger partial charge >= 0.3 is 5.97 Å². The molecule has 0 aliphatic carbocycles. The Kier molecular flexibility index (Phi) is 8.22. The number of nitrogens with two attached hydrogens (primary N) is 1. The number of hydrogen-bond donors (Lipinski definition) is 1. The first kappa shape index (κ1) is 23.0. The van der Waals surface area contributed by atoms with E-state index in [-0.39, 0.29) is 17.1 Å². The highest BCUT2D eigenvalue weighted by molar-refractivity contribution is 6.00. The lowest BCUT2D eigenvalue weighted by atomic mass is 10.1. The summed E-state index contributed by atoms with van der Waals surface area (Å²) >= 11 is 0. The Labute approximate surface area is 180 Å². The molecule has 0 radical (unpaired) electrons. The number of amides is 1. The summed E-state index contributed by atoms with van der Waals surface area (Å²) in [7, 11) is 2.94. The van der Waals surface area contributed by atoms with Crippen LogP contribution in [0.15, 0.2) is 48.0 Å². The molecule has 160 valence electrons. The SMILES string of the molecule is CCOc1ccc(/C=C/C(=O)Oc2ccc(/C=C(\C#N)C(N)=O)cc2OC)cc1OC. The van der Waals surface area contributed by atoms with Crippen molar-refractivity contribution in [3.05, 3.63) is 59.2 Å². The van der Waals surface area contributed by atoms with Crippen molar-refractivity contribution in [2.45, 2.75) is 6.92 Å². The quantitative estimate of drug-likeness (QED) is 0.285. The molecule has 0 heterocycles. The number of primary amides is 1. The Morgan fingerprint density at radius 1 is 1.00 bits per heavy atom. The third-order valence-electron chi connectivity index (χ3n) is 3.99. The van der Waals surface area contributed by atoms with Gasteiger partial charge in [0.1, 0.15) is 11.6 Å². The minimum Gasteiger partial charge on any atom is -0.493 e. The molecule has 0 aliphatic heterocycles. The van der Waals surface area contributed by atoms with Gasteiger partial charge in [-0.1, -0.05) is 12.1 Å². The van der Waals surface area contributed by atoms with E-state index in [2.05, 4.69) is 0 Å². The van der Waals surface area contributed by atoms with Crippen LogP contribution in [0.5, 0.6) is 23.0 Å². The highest BCUT2D eigenvalue weighted by Crippen LogP contribution is 2.30. The minimum atomic E-state index is -0.840. The van der Waals surface area contributed by atoms with Gasteiger partial charge < -0.3 is 24.7 Å². The number of methoxy groups -OCH3 is 2. The molecule has 8 heteroatoms. The highest BCUT2D eigenvalue weighted by atomic mass is 16.6. The van der Waals surface area contributed by atoms with Gasteiger partial charge in [0.25, 0.3) is 5.91 Å². The molecular formula is C23H22N2O6. The molecule has 31 heavy (non-hydrogen) atoms. The van der Waals surface area contributed by atoms with Gasteiger partial charge in [0.2, 0.25) is 0 Å². The van der Waals surface area contributed by atoms with Crippen molar-refractivity contribution >= 4 is 24.0 Å². The molecule has 0 bridgehead atoms. The van der Waals surface area contributed by atoms with E-state index in [1.807, 2.05) is 6.92 Å². The second kappa shape index (κ2) is 11.1. The van der Waals surface area contributed by atoms with E-state index in [1.165, 1.54) is 38.5 Å². The number of ether oxygens (including phenoxy) is 4. The monoisotopic (exact) mass is 422 g/mol. The molecule has 2 aromatic carbocycles. The van der Waals surface area contributed by atoms with Crippen molar-refractivity contribution in [3.63, 3.8) is 0 Å². The molecule has 8 nitrogen and oxygen atoms in total. The molecule has 0 fully saturated rings. The summed E-state index contributed by atoms with van der Waals surface area (Å²) in [5, 5.41) is 8.94. The Morgan fingerprint density at radius 3 is 2.23 bits per heavy atom. The number of benzene rings is 2. The zero-order chi connectivity index (χ0) is 22.8. The van der Waals surface area contributed by atoms with Crippen LogP contribution < -0.4 is 24.7 Å². The van der Waals surface area contributed by atoms with Gasteiger partial charge in [-0.15, -0.1) is 0 Å². The summed E-state index contributed by atoms with van der Waals surface area (Å²) < 4.78 is 21.3. The van der Waals surface area contributed by atoms with Crippen molar-refractivity contribution in [2.24, 2.45) is 5.73 Å². The molecule has 0 spiro atoms. The molecule has 0 saturated carbocycles. The topological polar surface area (TPSA) is 121 Å². The van der Waals surface area contributed by atoms with Gasteiger partial charge in [-0.05, 0) is 54.5 Å². The van der Waals surface area contributed by atoms with Crippen LogP contribution in [-0.2, 0) is 9.59 Å². The standard InChI is InChI=1S/C23H22N2O6/c1-4-30-18-8-5-15(12-20(18)28-2)7-10-22(26)31-19-9-6-16(13-21(19)29-3)11-17(14-24)23(25)27/h5-13H,4H2,1-3H3,(H2,25,27)/b10-7+,17-11+. The van der Waals surface area contributed by atoms with E-state index < -0.39 is 11.9 Å². The van der Waals surface area contributed by atoms with Crippen molar-refractivity contribution < 1.29 is 28.5 Å². The van der Waals surface area contributed by atoms with Crippen LogP contribution >= 0.6 is 0 Å². The van der Waals surface area contributed by atoms with Crippen LogP contribution in [0.2, 0.25) is 0 Å². The maximum absolute atomic E-state index is 12.2. The van der Waals surface area contributed by atoms with Crippen molar-refractivity contribution in [2.75, 3.05) is 20.8 Å². The van der Waals surface area contributed by atoms with Gasteiger partial charge in [0.05, 0.1) is 20.8 Å². The fraction of sp³-hybridized carbons (Fsp3) is 0.174. The summed E-state index contributed by atoms with van der Waals surface area (Å²) in [6.07, 6.45) is 4.16. The first-order chi connectivity index (χ1) is 14.9. The second-order valence-electron chi connectivity index (χ2n) is 6.04. The lowest BCUT2D eigenvalue weighted by molar-refractivity contribution is -0.129. The van der Waals surface area contributed by atoms with Crippen LogP contribution in [-0.4, -0.2) is 32.7 Å². The molecule has 2 rings (SSSR count). The van der Waals surface area contributed by atoms with Crippen molar-refractivity contribution in [1.29, 1.82) is 5.26 Å². The second-order valence-corrected chi connectivity index (χ2v) is 6.04. The maximum Gasteiger partial charge on any atom is 0.336 e. The fourth-order valence-electron chi connectivity index (χ4n) is 2.55. The average Bonchev–Trinajstić information content (AvgIpc) is 2.77. The van der Waals surface area contributed by atoms with Crippen LogP contribution in [0.1, 0.15) is 18.1 Å². The molecule has 0 aromatic heterocycles. The van der Waals surface area contributed by atoms with Gasteiger partial charge in [0.15, 0.2) is 23.0 Å². The maximum atomic E-state index is 12.2. The fourth-order valence-corrected chi connectivity index (χ4v) is 2.55. The van der Waals surface area contributed by atoms with E-state index >= 15 is 0 Å². The molecule has 0 unspecified atom stereocenters. The molecule has 2 N–H and O–H groups in total. The molecule has 0 aliphatic rings. The van der Waals surface area contributed by atoms with E-state index in [4.69, 9.17) is 29.9 Å². The van der Waals surface area contributed by atoms with Crippen molar-refractivity contribution in [1.82, 2.24) is 0 Å². The summed E-state index contributed by atoms with van der Waals surface area (Å²) in [5.74, 6) is 0.128. The molecule has 1 amide bonds. The third kappa shape index (κ3) is 6.37. The molecular weight excluding hydrogens is 400 g/mol. The van der Waals surface area contributed by atoms with Gasteiger partial charge in [-0.2, -0.15) is 5.26 Å². The lowest BCUT2D eigenvalue weighted by Gasteiger charge is -2.10. The average molecular weight is 422 g/mol. The van der Waals surface area contributed by atoms with Crippen LogP contribution in [0.3, 0.4) is 0 Å². The van der Waals surface area contributed by atoms with Crippen LogP contribution in [0.4, 0.5) is 0 Å². The van der Waals surface area contributed by atoms with Gasteiger partial charge in [0, 0.05) is 6.08 Å². The molecule has 0 saturated heterocycles. The van der Waals surface area contributed by atoms with Gasteiger partial charge in [-0.25, -0.2) is 4.79 Å². The number of carbonyl (C=O) groups is 2. The lowest BCUT2D eigenvalue weighted by Crippen LogP contribution is -2.12. The predicted molar refractivity (Wildman–Crippen MR) is 115 cm³/mol. The first-order valence-electron chi connectivity index (χ1n) is 9.22. The smallest absolute Gasteiger partial charge is 0.336 e. The zero-order valence-corrected chi connectivity index (χ0v) is 17.4. The Hall–Kier alpha value is -4.25. The summed E-state index contributed by atoms with van der Waals surface area (Å²) in [4.78, 5) is 23.4. The van der Waals surface area contributed by atoms with E-state index in [9.17, 15) is 9.59 Å². The number of hydrogen-bond acceptors (Lipinski definition) is 7. The zero-order valence-electron chi connectivity index (χ0n) is 17.4. The Balaban J connectivity index is 2.16. The third-order valence-corrected chi connectivity index (χ3v) is 3.99. The number of rotatable bonds is 9. The molecule has 2 aromatic rings. The Morgan fingerprint density at radius 2 is 1.61 bits per heavy atom. The number of nitriles is 1. The predicted octanol–water partition coefficient (Wildman–Crippen LogP) is 3.11. The van der Waals surface area contributed by atoms with E-state index in [1.54, 1.807) is 36.4 Å². The number of carbonyl (C=O) groups excluding carboxylic acids is 2. The Bertz CT molecular complexity index is 1070. The molecule has 0 atom stereocenters. The van der Waals surface area contributed by atoms with E-state index in [0.717, 1.165) is 5.56 Å². The number of nitrogens with zero attached hydrogens (tertiary/aromatic N) is 1.